The molecule has 0 amide bonds. The van der Waals surface area contributed by atoms with Crippen molar-refractivity contribution < 1.29 is 9.31 Å². The monoisotopic (exact) mass is 396 g/mol. The lowest BCUT2D eigenvalue weighted by molar-refractivity contribution is -0.384. The van der Waals surface area contributed by atoms with E-state index in [0.29, 0.717) is 22.9 Å². The van der Waals surface area contributed by atoms with E-state index in [-0.39, 0.29) is 17.5 Å². The zero-order valence-electron chi connectivity index (χ0n) is 14.8. The van der Waals surface area contributed by atoms with Gasteiger partial charge in [-0.25, -0.2) is 4.39 Å². The minimum atomic E-state index is -0.449. The Labute approximate surface area is 166 Å². The number of aromatic nitrogens is 1. The van der Waals surface area contributed by atoms with Crippen LogP contribution >= 0.6 is 12.2 Å². The van der Waals surface area contributed by atoms with E-state index in [2.05, 4.69) is 9.88 Å². The summed E-state index contributed by atoms with van der Waals surface area (Å²) in [6.45, 7) is 1.34. The molecule has 0 spiro atoms. The van der Waals surface area contributed by atoms with E-state index in [4.69, 9.17) is 12.2 Å². The summed E-state index contributed by atoms with van der Waals surface area (Å²) in [5, 5.41) is 14.4. The molecule has 28 heavy (non-hydrogen) atoms. The van der Waals surface area contributed by atoms with Gasteiger partial charge in [0.25, 0.3) is 5.69 Å². The normalized spacial score (nSPS) is 15.8. The molecule has 8 heteroatoms. The third-order valence-corrected chi connectivity index (χ3v) is 5.16. The number of nitrogens with one attached hydrogen (secondary N) is 1. The Morgan fingerprint density at radius 2 is 1.86 bits per heavy atom. The molecule has 142 valence electrons. The van der Waals surface area contributed by atoms with Gasteiger partial charge in [-0.1, -0.05) is 18.2 Å². The highest BCUT2D eigenvalue weighted by molar-refractivity contribution is 7.80. The minimum absolute atomic E-state index is 0.0106. The van der Waals surface area contributed by atoms with Gasteiger partial charge in [0, 0.05) is 48.4 Å². The Morgan fingerprint density at radius 1 is 1.11 bits per heavy atom. The van der Waals surface area contributed by atoms with Crippen molar-refractivity contribution in [3.05, 3.63) is 94.0 Å². The maximum absolute atomic E-state index is 14.6. The van der Waals surface area contributed by atoms with E-state index in [1.165, 1.54) is 18.2 Å². The van der Waals surface area contributed by atoms with Crippen LogP contribution in [0.5, 0.6) is 0 Å². The second-order valence-electron chi connectivity index (χ2n) is 6.48. The predicted octanol–water partition coefficient (Wildman–Crippen LogP) is 4.34. The molecule has 1 aromatic heterocycles. The van der Waals surface area contributed by atoms with Crippen LogP contribution in [0, 0.1) is 15.9 Å². The van der Waals surface area contributed by atoms with Crippen LogP contribution in [0.25, 0.3) is 0 Å². The Bertz CT molecular complexity index is 1030. The van der Waals surface area contributed by atoms with Gasteiger partial charge in [-0.05, 0) is 42.5 Å². The molecule has 0 aliphatic carbocycles. The van der Waals surface area contributed by atoms with Crippen molar-refractivity contribution >= 4 is 28.7 Å². The predicted molar refractivity (Wildman–Crippen MR) is 109 cm³/mol. The number of non-ortho nitro benzene ring substituents is 1. The van der Waals surface area contributed by atoms with Crippen LogP contribution in [-0.4, -0.2) is 26.0 Å². The van der Waals surface area contributed by atoms with Crippen LogP contribution in [0.1, 0.15) is 17.3 Å². The fraction of sp³-hybridized carbons (Fsp3) is 0.150. The lowest BCUT2D eigenvalue weighted by Gasteiger charge is -2.39. The first-order chi connectivity index (χ1) is 13.5. The molecule has 6 nitrogen and oxygen atoms in total. The molecule has 1 N–H and O–H groups in total. The first kappa shape index (κ1) is 18.1. The van der Waals surface area contributed by atoms with Crippen LogP contribution in [0.4, 0.5) is 15.8 Å². The minimum Gasteiger partial charge on any atom is -0.348 e. The number of nitrogens with zero attached hydrogens (tertiary/aromatic N) is 3. The maximum Gasteiger partial charge on any atom is 0.269 e. The van der Waals surface area contributed by atoms with Gasteiger partial charge in [-0.3, -0.25) is 10.1 Å². The SMILES string of the molecule is O=[N+]([O-])c1ccc(NC(=S)N2CCn3cccc3C2c2ccccc2F)cc1. The number of hydrogen-bond acceptors (Lipinski definition) is 3. The molecular weight excluding hydrogens is 379 g/mol. The van der Waals surface area contributed by atoms with Crippen molar-refractivity contribution in [1.82, 2.24) is 9.47 Å². The number of nitro groups is 1. The first-order valence-electron chi connectivity index (χ1n) is 8.76. The van der Waals surface area contributed by atoms with E-state index in [9.17, 15) is 14.5 Å². The summed E-state index contributed by atoms with van der Waals surface area (Å²) in [6, 6.07) is 16.3. The maximum atomic E-state index is 14.6. The van der Waals surface area contributed by atoms with Crippen molar-refractivity contribution in [2.75, 3.05) is 11.9 Å². The highest BCUT2D eigenvalue weighted by Crippen LogP contribution is 2.34. The number of rotatable bonds is 3. The Kier molecular flexibility index (Phi) is 4.79. The lowest BCUT2D eigenvalue weighted by atomic mass is 10.00. The van der Waals surface area contributed by atoms with E-state index in [0.717, 1.165) is 12.2 Å². The van der Waals surface area contributed by atoms with Crippen molar-refractivity contribution in [2.24, 2.45) is 0 Å². The van der Waals surface area contributed by atoms with E-state index < -0.39 is 4.92 Å². The van der Waals surface area contributed by atoms with Gasteiger partial charge >= 0.3 is 0 Å². The van der Waals surface area contributed by atoms with Crippen LogP contribution in [0.3, 0.4) is 0 Å². The van der Waals surface area contributed by atoms with Crippen molar-refractivity contribution in [1.29, 1.82) is 0 Å². The van der Waals surface area contributed by atoms with Gasteiger partial charge in [-0.2, -0.15) is 0 Å². The number of hydrogen-bond donors (Lipinski definition) is 1. The summed E-state index contributed by atoms with van der Waals surface area (Å²) in [5.41, 5.74) is 2.17. The molecule has 0 fully saturated rings. The van der Waals surface area contributed by atoms with Gasteiger partial charge in [-0.15, -0.1) is 0 Å². The molecule has 1 aliphatic heterocycles. The summed E-state index contributed by atoms with van der Waals surface area (Å²) in [5.74, 6) is -0.287. The van der Waals surface area contributed by atoms with Gasteiger partial charge in [0.15, 0.2) is 5.11 Å². The highest BCUT2D eigenvalue weighted by atomic mass is 32.1. The molecule has 0 bridgehead atoms. The number of thiocarbonyl (C=S) groups is 1. The lowest BCUT2D eigenvalue weighted by Crippen LogP contribution is -2.44. The van der Waals surface area contributed by atoms with Gasteiger partial charge in [0.1, 0.15) is 5.82 Å². The van der Waals surface area contributed by atoms with Crippen molar-refractivity contribution in [3.8, 4) is 0 Å². The number of anilines is 1. The number of halogens is 1. The van der Waals surface area contributed by atoms with E-state index in [1.807, 2.05) is 29.3 Å². The van der Waals surface area contributed by atoms with Crippen molar-refractivity contribution in [3.63, 3.8) is 0 Å². The third kappa shape index (κ3) is 3.34. The summed E-state index contributed by atoms with van der Waals surface area (Å²) < 4.78 is 16.7. The van der Waals surface area contributed by atoms with Gasteiger partial charge in [0.05, 0.1) is 11.0 Å². The fourth-order valence-electron chi connectivity index (χ4n) is 3.49. The zero-order valence-corrected chi connectivity index (χ0v) is 15.6. The number of benzene rings is 2. The van der Waals surface area contributed by atoms with Gasteiger partial charge < -0.3 is 14.8 Å². The third-order valence-electron chi connectivity index (χ3n) is 4.83. The summed E-state index contributed by atoms with van der Waals surface area (Å²) >= 11 is 5.61. The summed E-state index contributed by atoms with van der Waals surface area (Å²) in [6.07, 6.45) is 1.98. The second kappa shape index (κ2) is 7.40. The molecule has 2 heterocycles. The molecule has 0 saturated carbocycles. The molecular formula is C20H17FN4O2S. The van der Waals surface area contributed by atoms with Gasteiger partial charge in [0.2, 0.25) is 0 Å². The van der Waals surface area contributed by atoms with E-state index >= 15 is 0 Å². The number of nitro benzene ring substituents is 1. The zero-order chi connectivity index (χ0) is 19.7. The molecule has 1 atom stereocenters. The number of fused-ring (bicyclic) bond motifs is 1. The quantitative estimate of drug-likeness (QED) is 0.405. The average molecular weight is 396 g/mol. The summed E-state index contributed by atoms with van der Waals surface area (Å²) in [7, 11) is 0. The molecule has 0 radical (unpaired) electrons. The Balaban J connectivity index is 1.64. The molecule has 3 aromatic rings. The van der Waals surface area contributed by atoms with Crippen LogP contribution < -0.4 is 5.32 Å². The van der Waals surface area contributed by atoms with Crippen LogP contribution in [0.15, 0.2) is 66.9 Å². The van der Waals surface area contributed by atoms with Crippen LogP contribution in [0.2, 0.25) is 0 Å². The standard InChI is InChI=1S/C20H17FN4O2S/c21-17-5-2-1-4-16(17)19-18-6-3-11-23(18)12-13-24(19)20(28)22-14-7-9-15(10-8-14)25(26)27/h1-11,19H,12-13H2,(H,22,28). The topological polar surface area (TPSA) is 63.3 Å². The molecule has 2 aromatic carbocycles. The molecule has 1 unspecified atom stereocenters. The Hall–Kier alpha value is -3.26. The smallest absolute Gasteiger partial charge is 0.269 e. The van der Waals surface area contributed by atoms with Crippen LogP contribution in [-0.2, 0) is 6.54 Å². The Morgan fingerprint density at radius 3 is 2.57 bits per heavy atom. The highest BCUT2D eigenvalue weighted by Gasteiger charge is 2.32. The molecule has 0 saturated heterocycles. The fourth-order valence-corrected chi connectivity index (χ4v) is 3.80. The largest absolute Gasteiger partial charge is 0.348 e. The van der Waals surface area contributed by atoms with Crippen molar-refractivity contribution in [2.45, 2.75) is 12.6 Å². The average Bonchev–Trinajstić information content (AvgIpc) is 3.17. The molecule has 4 rings (SSSR count). The van der Waals surface area contributed by atoms with E-state index in [1.54, 1.807) is 24.3 Å². The molecule has 1 aliphatic rings. The first-order valence-corrected chi connectivity index (χ1v) is 9.17. The second-order valence-corrected chi connectivity index (χ2v) is 6.86. The summed E-state index contributed by atoms with van der Waals surface area (Å²) in [4.78, 5) is 12.3.